The minimum atomic E-state index is -0.203. The molecule has 6 nitrogen and oxygen atoms in total. The van der Waals surface area contributed by atoms with Gasteiger partial charge in [-0.3, -0.25) is 9.78 Å². The number of carbonyl (C=O) groups excluding carboxylic acids is 1. The Balaban J connectivity index is 1.61. The number of hydrogen-bond donors (Lipinski definition) is 1. The lowest BCUT2D eigenvalue weighted by atomic mass is 10.2. The zero-order valence-electron chi connectivity index (χ0n) is 15.0. The first-order valence-electron chi connectivity index (χ1n) is 8.22. The fourth-order valence-electron chi connectivity index (χ4n) is 2.56. The average molecular weight is 381 g/mol. The number of methoxy groups -OCH3 is 2. The molecule has 1 amide bonds. The Kier molecular flexibility index (Phi) is 6.27. The third-order valence-electron chi connectivity index (χ3n) is 3.78. The minimum absolute atomic E-state index is 0.203. The monoisotopic (exact) mass is 381 g/mol. The van der Waals surface area contributed by atoms with E-state index in [9.17, 15) is 4.79 Å². The second-order valence-electron chi connectivity index (χ2n) is 5.50. The highest BCUT2D eigenvalue weighted by molar-refractivity contribution is 8.00. The fraction of sp³-hybridized carbons (Fsp3) is 0.150. The number of nitrogens with one attached hydrogen (secondary N) is 1. The van der Waals surface area contributed by atoms with Crippen molar-refractivity contribution in [3.05, 3.63) is 60.3 Å². The molecule has 0 radical (unpaired) electrons. The van der Waals surface area contributed by atoms with Crippen molar-refractivity contribution in [3.63, 3.8) is 0 Å². The number of pyridine rings is 1. The number of thioether (sulfide) groups is 1. The van der Waals surface area contributed by atoms with Crippen LogP contribution in [0.25, 0.3) is 10.9 Å². The van der Waals surface area contributed by atoms with Gasteiger partial charge in [0, 0.05) is 22.0 Å². The molecule has 0 saturated heterocycles. The molecule has 0 saturated carbocycles. The van der Waals surface area contributed by atoms with Crippen molar-refractivity contribution in [2.45, 2.75) is 4.90 Å². The van der Waals surface area contributed by atoms with Gasteiger partial charge >= 0.3 is 0 Å². The summed E-state index contributed by atoms with van der Waals surface area (Å²) in [4.78, 5) is 17.4. The highest BCUT2D eigenvalue weighted by Gasteiger charge is 2.08. The number of hydrogen-bond acceptors (Lipinski definition) is 6. The van der Waals surface area contributed by atoms with Crippen LogP contribution in [0.1, 0.15) is 5.56 Å². The van der Waals surface area contributed by atoms with E-state index < -0.39 is 0 Å². The summed E-state index contributed by atoms with van der Waals surface area (Å²) in [6.45, 7) is 0. The van der Waals surface area contributed by atoms with E-state index in [4.69, 9.17) is 9.47 Å². The van der Waals surface area contributed by atoms with Gasteiger partial charge in [0.05, 0.1) is 31.7 Å². The van der Waals surface area contributed by atoms with E-state index in [0.717, 1.165) is 15.8 Å². The van der Waals surface area contributed by atoms with Gasteiger partial charge in [-0.05, 0) is 24.3 Å². The van der Waals surface area contributed by atoms with Gasteiger partial charge < -0.3 is 9.47 Å². The molecule has 0 aliphatic heterocycles. The maximum atomic E-state index is 12.1. The van der Waals surface area contributed by atoms with Crippen LogP contribution in [-0.4, -0.2) is 37.1 Å². The van der Waals surface area contributed by atoms with Crippen LogP contribution >= 0.6 is 11.8 Å². The first kappa shape index (κ1) is 18.7. The maximum Gasteiger partial charge on any atom is 0.250 e. The van der Waals surface area contributed by atoms with Crippen molar-refractivity contribution in [1.29, 1.82) is 0 Å². The zero-order valence-corrected chi connectivity index (χ0v) is 15.8. The largest absolute Gasteiger partial charge is 0.493 e. The number of benzene rings is 2. The molecule has 0 aliphatic rings. The predicted octanol–water partition coefficient (Wildman–Crippen LogP) is 3.49. The Morgan fingerprint density at radius 2 is 1.96 bits per heavy atom. The number of hydrazone groups is 1. The van der Waals surface area contributed by atoms with Gasteiger partial charge in [0.25, 0.3) is 0 Å². The number of rotatable bonds is 7. The van der Waals surface area contributed by atoms with E-state index in [-0.39, 0.29) is 11.7 Å². The van der Waals surface area contributed by atoms with E-state index in [1.54, 1.807) is 26.5 Å². The van der Waals surface area contributed by atoms with Gasteiger partial charge in [0.2, 0.25) is 5.91 Å². The molecule has 1 heterocycles. The summed E-state index contributed by atoms with van der Waals surface area (Å²) in [6.07, 6.45) is 3.28. The van der Waals surface area contributed by atoms with Gasteiger partial charge in [-0.15, -0.1) is 11.8 Å². The summed E-state index contributed by atoms with van der Waals surface area (Å²) >= 11 is 1.42. The van der Waals surface area contributed by atoms with Gasteiger partial charge in [0.1, 0.15) is 0 Å². The molecule has 3 aromatic rings. The number of carbonyl (C=O) groups is 1. The molecular weight excluding hydrogens is 362 g/mol. The van der Waals surface area contributed by atoms with Gasteiger partial charge in [-0.1, -0.05) is 24.3 Å². The molecule has 0 bridgehead atoms. The molecule has 2 aromatic carbocycles. The summed E-state index contributed by atoms with van der Waals surface area (Å²) in [5, 5.41) is 5.06. The molecule has 0 spiro atoms. The van der Waals surface area contributed by atoms with Crippen molar-refractivity contribution in [3.8, 4) is 11.5 Å². The van der Waals surface area contributed by atoms with Crippen LogP contribution in [0.2, 0.25) is 0 Å². The van der Waals surface area contributed by atoms with Crippen LogP contribution < -0.4 is 14.9 Å². The van der Waals surface area contributed by atoms with Gasteiger partial charge in [-0.25, -0.2) is 5.43 Å². The second kappa shape index (κ2) is 9.05. The molecule has 0 atom stereocenters. The third kappa shape index (κ3) is 4.57. The molecule has 0 fully saturated rings. The summed E-state index contributed by atoms with van der Waals surface area (Å²) < 4.78 is 10.6. The first-order chi connectivity index (χ1) is 13.2. The highest BCUT2D eigenvalue weighted by atomic mass is 32.2. The lowest BCUT2D eigenvalue weighted by molar-refractivity contribution is -0.118. The van der Waals surface area contributed by atoms with E-state index in [1.165, 1.54) is 18.0 Å². The van der Waals surface area contributed by atoms with Crippen molar-refractivity contribution >= 4 is 34.8 Å². The van der Waals surface area contributed by atoms with Crippen LogP contribution in [0.3, 0.4) is 0 Å². The van der Waals surface area contributed by atoms with Crippen LogP contribution in [0.4, 0.5) is 0 Å². The number of fused-ring (bicyclic) bond motifs is 1. The van der Waals surface area contributed by atoms with Crippen LogP contribution in [0.5, 0.6) is 11.5 Å². The number of aromatic nitrogens is 1. The SMILES string of the molecule is COc1cccc(/C=N/NC(=O)CSc2cccc3cccnc23)c1OC. The average Bonchev–Trinajstić information content (AvgIpc) is 2.71. The van der Waals surface area contributed by atoms with Gasteiger partial charge in [0.15, 0.2) is 11.5 Å². The number of amides is 1. The molecule has 27 heavy (non-hydrogen) atoms. The Morgan fingerprint density at radius 1 is 1.15 bits per heavy atom. The van der Waals surface area contributed by atoms with E-state index >= 15 is 0 Å². The summed E-state index contributed by atoms with van der Waals surface area (Å²) in [5.74, 6) is 1.20. The van der Waals surface area contributed by atoms with E-state index in [2.05, 4.69) is 15.5 Å². The predicted molar refractivity (Wildman–Crippen MR) is 108 cm³/mol. The standard InChI is InChI=1S/C20H19N3O3S/c1-25-16-9-3-7-15(20(16)26-2)12-22-23-18(24)13-27-17-10-4-6-14-8-5-11-21-19(14)17/h3-12H,13H2,1-2H3,(H,23,24)/b22-12+. The van der Waals surface area contributed by atoms with Crippen LogP contribution in [0, 0.1) is 0 Å². The normalized spacial score (nSPS) is 10.9. The Morgan fingerprint density at radius 3 is 2.78 bits per heavy atom. The Bertz CT molecular complexity index is 970. The van der Waals surface area contributed by atoms with Crippen molar-refractivity contribution < 1.29 is 14.3 Å². The topological polar surface area (TPSA) is 72.8 Å². The highest BCUT2D eigenvalue weighted by Crippen LogP contribution is 2.29. The molecule has 1 aromatic heterocycles. The number of para-hydroxylation sites is 2. The summed E-state index contributed by atoms with van der Waals surface area (Å²) in [7, 11) is 3.13. The maximum absolute atomic E-state index is 12.1. The van der Waals surface area contributed by atoms with Crippen LogP contribution in [0.15, 0.2) is 64.7 Å². The third-order valence-corrected chi connectivity index (χ3v) is 4.83. The molecule has 0 aliphatic carbocycles. The van der Waals surface area contributed by atoms with Crippen molar-refractivity contribution in [1.82, 2.24) is 10.4 Å². The molecule has 138 valence electrons. The van der Waals surface area contributed by atoms with E-state index in [0.29, 0.717) is 17.1 Å². The Labute approximate surface area is 161 Å². The van der Waals surface area contributed by atoms with E-state index in [1.807, 2.05) is 42.5 Å². The molecule has 0 unspecified atom stereocenters. The first-order valence-corrected chi connectivity index (χ1v) is 9.21. The number of ether oxygens (including phenoxy) is 2. The molecular formula is C20H19N3O3S. The smallest absolute Gasteiger partial charge is 0.250 e. The fourth-order valence-corrected chi connectivity index (χ4v) is 3.39. The number of nitrogens with zero attached hydrogens (tertiary/aromatic N) is 2. The molecule has 7 heteroatoms. The lowest BCUT2D eigenvalue weighted by Crippen LogP contribution is -2.19. The molecule has 3 rings (SSSR count). The second-order valence-corrected chi connectivity index (χ2v) is 6.51. The molecule has 1 N–H and O–H groups in total. The van der Waals surface area contributed by atoms with Crippen LogP contribution in [-0.2, 0) is 4.79 Å². The van der Waals surface area contributed by atoms with Crippen molar-refractivity contribution in [2.24, 2.45) is 5.10 Å². The lowest BCUT2D eigenvalue weighted by Gasteiger charge is -2.09. The summed E-state index contributed by atoms with van der Waals surface area (Å²) in [5.41, 5.74) is 4.13. The quantitative estimate of drug-likeness (QED) is 0.385. The zero-order chi connectivity index (χ0) is 19.1. The minimum Gasteiger partial charge on any atom is -0.493 e. The van der Waals surface area contributed by atoms with Crippen molar-refractivity contribution in [2.75, 3.05) is 20.0 Å². The Hall–Kier alpha value is -3.06. The summed E-state index contributed by atoms with van der Waals surface area (Å²) in [6, 6.07) is 15.3. The van der Waals surface area contributed by atoms with Gasteiger partial charge in [-0.2, -0.15) is 5.10 Å².